The first-order valence-corrected chi connectivity index (χ1v) is 8.99. The lowest BCUT2D eigenvalue weighted by Crippen LogP contribution is -2.23. The van der Waals surface area contributed by atoms with E-state index in [2.05, 4.69) is 15.5 Å². The number of alkyl halides is 3. The van der Waals surface area contributed by atoms with E-state index in [9.17, 15) is 18.0 Å². The molecule has 0 aliphatic rings. The van der Waals surface area contributed by atoms with Crippen LogP contribution in [0.5, 0.6) is 5.75 Å². The number of amides is 1. The van der Waals surface area contributed by atoms with Crippen molar-refractivity contribution in [2.45, 2.75) is 26.6 Å². The van der Waals surface area contributed by atoms with Gasteiger partial charge in [-0.15, -0.1) is 16.4 Å². The quantitative estimate of drug-likeness (QED) is 0.682. The molecule has 3 rings (SSSR count). The predicted molar refractivity (Wildman–Crippen MR) is 100 cm³/mol. The van der Waals surface area contributed by atoms with Crippen molar-refractivity contribution in [3.63, 3.8) is 0 Å². The summed E-state index contributed by atoms with van der Waals surface area (Å²) in [5, 5.41) is 11.3. The van der Waals surface area contributed by atoms with Crippen LogP contribution in [0.25, 0.3) is 10.2 Å². The van der Waals surface area contributed by atoms with Gasteiger partial charge in [-0.2, -0.15) is 18.3 Å². The lowest BCUT2D eigenvalue weighted by Gasteiger charge is -2.13. The highest BCUT2D eigenvalue weighted by atomic mass is 32.1. The van der Waals surface area contributed by atoms with Gasteiger partial charge in [0.25, 0.3) is 5.91 Å². The molecule has 148 valence electrons. The number of aryl methyl sites for hydroxylation is 2. The van der Waals surface area contributed by atoms with E-state index in [1.54, 1.807) is 6.92 Å². The summed E-state index contributed by atoms with van der Waals surface area (Å²) in [4.78, 5) is 13.3. The number of nitrogens with zero attached hydrogens (tertiary/aromatic N) is 2. The number of carbonyl (C=O) groups is 1. The summed E-state index contributed by atoms with van der Waals surface area (Å²) in [5.74, 6) is -0.761. The van der Waals surface area contributed by atoms with Crippen molar-refractivity contribution in [2.75, 3.05) is 12.8 Å². The van der Waals surface area contributed by atoms with Crippen molar-refractivity contribution in [3.05, 3.63) is 45.5 Å². The van der Waals surface area contributed by atoms with Gasteiger partial charge < -0.3 is 15.8 Å². The maximum absolute atomic E-state index is 13.1. The van der Waals surface area contributed by atoms with Crippen LogP contribution in [0.1, 0.15) is 32.1 Å². The molecule has 1 amide bonds. The van der Waals surface area contributed by atoms with Gasteiger partial charge in [-0.3, -0.25) is 4.79 Å². The van der Waals surface area contributed by atoms with Gasteiger partial charge in [0.15, 0.2) is 0 Å². The van der Waals surface area contributed by atoms with Crippen LogP contribution >= 0.6 is 11.3 Å². The highest BCUT2D eigenvalue weighted by Crippen LogP contribution is 2.37. The second kappa shape index (κ2) is 7.27. The van der Waals surface area contributed by atoms with Gasteiger partial charge in [0.2, 0.25) is 0 Å². The lowest BCUT2D eigenvalue weighted by atomic mass is 10.1. The molecule has 0 aliphatic heterocycles. The smallest absolute Gasteiger partial charge is 0.419 e. The Hall–Kier alpha value is -2.88. The Balaban J connectivity index is 1.84. The third-order valence-corrected chi connectivity index (χ3v) is 5.45. The second-order valence-electron chi connectivity index (χ2n) is 6.15. The van der Waals surface area contributed by atoms with Crippen molar-refractivity contribution in [1.29, 1.82) is 0 Å². The summed E-state index contributed by atoms with van der Waals surface area (Å²) in [7, 11) is 1.17. The zero-order valence-corrected chi connectivity index (χ0v) is 16.1. The van der Waals surface area contributed by atoms with E-state index in [0.717, 1.165) is 23.0 Å². The molecule has 10 heteroatoms. The highest BCUT2D eigenvalue weighted by Gasteiger charge is 2.34. The van der Waals surface area contributed by atoms with E-state index in [-0.39, 0.29) is 22.7 Å². The number of nitrogens with one attached hydrogen (secondary N) is 1. The van der Waals surface area contributed by atoms with E-state index in [1.807, 2.05) is 6.92 Å². The number of hydrogen-bond donors (Lipinski definition) is 2. The van der Waals surface area contributed by atoms with E-state index in [0.29, 0.717) is 21.6 Å². The number of nitrogen functional groups attached to an aromatic ring is 1. The Morgan fingerprint density at radius 2 is 2.00 bits per heavy atom. The Morgan fingerprint density at radius 3 is 2.64 bits per heavy atom. The van der Waals surface area contributed by atoms with Crippen LogP contribution in [0, 0.1) is 13.8 Å². The number of halogens is 3. The molecule has 3 N–H and O–H groups in total. The van der Waals surface area contributed by atoms with Crippen LogP contribution in [0.15, 0.2) is 18.2 Å². The molecule has 0 saturated heterocycles. The minimum Gasteiger partial charge on any atom is -0.496 e. The largest absolute Gasteiger partial charge is 0.496 e. The van der Waals surface area contributed by atoms with Gasteiger partial charge >= 0.3 is 6.18 Å². The molecular formula is C18H17F3N4O2S. The van der Waals surface area contributed by atoms with Gasteiger partial charge in [-0.25, -0.2) is 0 Å². The average Bonchev–Trinajstić information content (AvgIpc) is 2.99. The molecule has 28 heavy (non-hydrogen) atoms. The molecule has 0 radical (unpaired) electrons. The van der Waals surface area contributed by atoms with Crippen molar-refractivity contribution in [1.82, 2.24) is 15.5 Å². The number of ether oxygens (including phenoxy) is 1. The standard InChI is InChI=1S/C18H17F3N4O2S/c1-8-9(2)24-25-17-13(8)14(22)15(28-17)16(26)23-7-10-4-5-12(27-3)11(6-10)18(19,20)21/h4-6H,7,22H2,1-3H3,(H,23,26). The van der Waals surface area contributed by atoms with E-state index < -0.39 is 17.6 Å². The molecule has 0 unspecified atom stereocenters. The number of nitrogens with two attached hydrogens (primary N) is 1. The molecule has 0 aliphatic carbocycles. The average molecular weight is 410 g/mol. The fourth-order valence-electron chi connectivity index (χ4n) is 2.76. The third-order valence-electron chi connectivity index (χ3n) is 4.36. The molecule has 3 aromatic rings. The Kier molecular flexibility index (Phi) is 5.16. The second-order valence-corrected chi connectivity index (χ2v) is 7.15. The van der Waals surface area contributed by atoms with Crippen LogP contribution in [0.3, 0.4) is 0 Å². The molecule has 0 bridgehead atoms. The number of anilines is 1. The zero-order chi connectivity index (χ0) is 20.6. The lowest BCUT2D eigenvalue weighted by molar-refractivity contribution is -0.138. The summed E-state index contributed by atoms with van der Waals surface area (Å²) in [6, 6.07) is 3.63. The van der Waals surface area contributed by atoms with Gasteiger partial charge in [0.05, 0.1) is 24.1 Å². The topological polar surface area (TPSA) is 90.1 Å². The number of thiophene rings is 1. The Bertz CT molecular complexity index is 1060. The predicted octanol–water partition coefficient (Wildman–Crippen LogP) is 3.85. The van der Waals surface area contributed by atoms with Crippen LogP contribution in [-0.4, -0.2) is 23.2 Å². The highest BCUT2D eigenvalue weighted by molar-refractivity contribution is 7.21. The summed E-state index contributed by atoms with van der Waals surface area (Å²) < 4.78 is 44.1. The first-order valence-electron chi connectivity index (χ1n) is 8.17. The number of rotatable bonds is 4. The number of fused-ring (bicyclic) bond motifs is 1. The van der Waals surface area contributed by atoms with E-state index in [1.165, 1.54) is 19.2 Å². The molecule has 6 nitrogen and oxygen atoms in total. The van der Waals surface area contributed by atoms with Crippen molar-refractivity contribution in [3.8, 4) is 5.75 Å². The van der Waals surface area contributed by atoms with E-state index in [4.69, 9.17) is 10.5 Å². The molecule has 2 aromatic heterocycles. The number of carbonyl (C=O) groups excluding carboxylic acids is 1. The van der Waals surface area contributed by atoms with Crippen LogP contribution in [-0.2, 0) is 12.7 Å². The summed E-state index contributed by atoms with van der Waals surface area (Å²) in [5.41, 5.74) is 7.34. The van der Waals surface area contributed by atoms with Crippen LogP contribution < -0.4 is 15.8 Å². The van der Waals surface area contributed by atoms with Gasteiger partial charge in [-0.1, -0.05) is 6.07 Å². The van der Waals surface area contributed by atoms with Gasteiger partial charge in [-0.05, 0) is 37.1 Å². The third kappa shape index (κ3) is 3.59. The Morgan fingerprint density at radius 1 is 1.29 bits per heavy atom. The molecule has 0 spiro atoms. The van der Waals surface area contributed by atoms with Crippen molar-refractivity contribution in [2.24, 2.45) is 0 Å². The first kappa shape index (κ1) is 19.9. The number of methoxy groups -OCH3 is 1. The number of aromatic nitrogens is 2. The van der Waals surface area contributed by atoms with E-state index >= 15 is 0 Å². The molecular weight excluding hydrogens is 393 g/mol. The SMILES string of the molecule is COc1ccc(CNC(=O)c2sc3nnc(C)c(C)c3c2N)cc1C(F)(F)F. The maximum Gasteiger partial charge on any atom is 0.419 e. The zero-order valence-electron chi connectivity index (χ0n) is 15.3. The molecule has 0 fully saturated rings. The number of hydrogen-bond acceptors (Lipinski definition) is 6. The minimum atomic E-state index is -4.56. The normalized spacial score (nSPS) is 11.6. The molecule has 0 atom stereocenters. The van der Waals surface area contributed by atoms with Gasteiger partial charge in [0.1, 0.15) is 15.5 Å². The summed E-state index contributed by atoms with van der Waals surface area (Å²) in [6.07, 6.45) is -4.56. The van der Waals surface area contributed by atoms with Crippen LogP contribution in [0.2, 0.25) is 0 Å². The van der Waals surface area contributed by atoms with Crippen molar-refractivity contribution < 1.29 is 22.7 Å². The van der Waals surface area contributed by atoms with Crippen molar-refractivity contribution >= 4 is 33.1 Å². The summed E-state index contributed by atoms with van der Waals surface area (Å²) in [6.45, 7) is 3.54. The fraction of sp³-hybridized carbons (Fsp3) is 0.278. The molecule has 0 saturated carbocycles. The number of benzene rings is 1. The summed E-state index contributed by atoms with van der Waals surface area (Å²) >= 11 is 1.09. The minimum absolute atomic E-state index is 0.0940. The fourth-order valence-corrected chi connectivity index (χ4v) is 3.78. The van der Waals surface area contributed by atoms with Gasteiger partial charge in [0, 0.05) is 11.9 Å². The monoisotopic (exact) mass is 410 g/mol. The Labute approximate surface area is 162 Å². The van der Waals surface area contributed by atoms with Crippen LogP contribution in [0.4, 0.5) is 18.9 Å². The first-order chi connectivity index (χ1) is 13.1. The maximum atomic E-state index is 13.1. The molecule has 2 heterocycles. The molecule has 1 aromatic carbocycles.